The Morgan fingerprint density at radius 2 is 1.94 bits per heavy atom. The van der Waals surface area contributed by atoms with Crippen molar-refractivity contribution in [2.24, 2.45) is 0 Å². The van der Waals surface area contributed by atoms with Gasteiger partial charge in [0.15, 0.2) is 0 Å². The summed E-state index contributed by atoms with van der Waals surface area (Å²) < 4.78 is 1.13. The van der Waals surface area contributed by atoms with Crippen molar-refractivity contribution in [1.82, 2.24) is 9.97 Å². The summed E-state index contributed by atoms with van der Waals surface area (Å²) in [7, 11) is 0. The van der Waals surface area contributed by atoms with Crippen molar-refractivity contribution in [1.29, 1.82) is 0 Å². The van der Waals surface area contributed by atoms with Gasteiger partial charge in [-0.2, -0.15) is 0 Å². The monoisotopic (exact) mass is 255 g/mol. The molecule has 3 rings (SSSR count). The van der Waals surface area contributed by atoms with Crippen LogP contribution in [0.15, 0.2) is 48.1 Å². The lowest BCUT2D eigenvalue weighted by Crippen LogP contribution is -2.06. The van der Waals surface area contributed by atoms with Crippen LogP contribution in [0.2, 0.25) is 0 Å². The number of thiophene rings is 1. The molecule has 2 aromatic heterocycles. The topological polar surface area (TPSA) is 37.8 Å². The highest BCUT2D eigenvalue weighted by molar-refractivity contribution is 7.17. The van der Waals surface area contributed by atoms with Crippen LogP contribution in [-0.2, 0) is 6.42 Å². The van der Waals surface area contributed by atoms with E-state index < -0.39 is 0 Å². The first kappa shape index (κ1) is 11.2. The van der Waals surface area contributed by atoms with Crippen LogP contribution in [-0.4, -0.2) is 16.5 Å². The molecule has 1 N–H and O–H groups in total. The standard InChI is InChI=1S/C14H13N3S/c1-2-4-11(5-3-1)6-8-15-14-13-12(7-9-18-13)16-10-17-14/h1-5,7,9-10H,6,8H2,(H,15,16,17). The van der Waals surface area contributed by atoms with Crippen LogP contribution in [0.1, 0.15) is 5.56 Å². The largest absolute Gasteiger partial charge is 0.368 e. The molecular formula is C14H13N3S. The van der Waals surface area contributed by atoms with Gasteiger partial charge in [-0.1, -0.05) is 30.3 Å². The fraction of sp³-hybridized carbons (Fsp3) is 0.143. The van der Waals surface area contributed by atoms with Crippen molar-refractivity contribution in [3.05, 3.63) is 53.7 Å². The molecule has 0 saturated heterocycles. The summed E-state index contributed by atoms with van der Waals surface area (Å²) in [6, 6.07) is 12.5. The maximum atomic E-state index is 4.30. The Kier molecular flexibility index (Phi) is 3.19. The Morgan fingerprint density at radius 1 is 1.06 bits per heavy atom. The third-order valence-electron chi connectivity index (χ3n) is 2.79. The van der Waals surface area contributed by atoms with Crippen LogP contribution in [0.4, 0.5) is 5.82 Å². The maximum absolute atomic E-state index is 4.30. The average molecular weight is 255 g/mol. The van der Waals surface area contributed by atoms with E-state index in [0.717, 1.165) is 29.0 Å². The Labute approximate surface area is 110 Å². The smallest absolute Gasteiger partial charge is 0.147 e. The van der Waals surface area contributed by atoms with Crippen molar-refractivity contribution in [3.63, 3.8) is 0 Å². The number of rotatable bonds is 4. The van der Waals surface area contributed by atoms with Crippen molar-refractivity contribution in [2.75, 3.05) is 11.9 Å². The first-order valence-electron chi connectivity index (χ1n) is 5.89. The number of fused-ring (bicyclic) bond motifs is 1. The lowest BCUT2D eigenvalue weighted by molar-refractivity contribution is 1.01. The van der Waals surface area contributed by atoms with Crippen LogP contribution >= 0.6 is 11.3 Å². The lowest BCUT2D eigenvalue weighted by atomic mass is 10.1. The van der Waals surface area contributed by atoms with E-state index in [4.69, 9.17) is 0 Å². The molecule has 3 aromatic rings. The molecular weight excluding hydrogens is 242 g/mol. The predicted octanol–water partition coefficient (Wildman–Crippen LogP) is 3.35. The molecule has 3 nitrogen and oxygen atoms in total. The van der Waals surface area contributed by atoms with Crippen molar-refractivity contribution < 1.29 is 0 Å². The molecule has 18 heavy (non-hydrogen) atoms. The Morgan fingerprint density at radius 3 is 2.83 bits per heavy atom. The summed E-state index contributed by atoms with van der Waals surface area (Å²) in [5, 5.41) is 5.42. The zero-order valence-corrected chi connectivity index (χ0v) is 10.7. The Hall–Kier alpha value is -1.94. The van der Waals surface area contributed by atoms with Gasteiger partial charge in [0.05, 0.1) is 10.2 Å². The zero-order chi connectivity index (χ0) is 12.2. The van der Waals surface area contributed by atoms with Crippen LogP contribution in [0, 0.1) is 0 Å². The van der Waals surface area contributed by atoms with Gasteiger partial charge in [-0.05, 0) is 23.4 Å². The van der Waals surface area contributed by atoms with Crippen molar-refractivity contribution >= 4 is 27.4 Å². The van der Waals surface area contributed by atoms with E-state index in [9.17, 15) is 0 Å². The van der Waals surface area contributed by atoms with Crippen LogP contribution in [0.5, 0.6) is 0 Å². The SMILES string of the molecule is c1ccc(CCNc2ncnc3ccsc23)cc1. The van der Waals surface area contributed by atoms with Gasteiger partial charge in [-0.15, -0.1) is 11.3 Å². The normalized spacial score (nSPS) is 10.7. The van der Waals surface area contributed by atoms with Gasteiger partial charge >= 0.3 is 0 Å². The number of nitrogens with one attached hydrogen (secondary N) is 1. The molecule has 4 heteroatoms. The van der Waals surface area contributed by atoms with Gasteiger partial charge in [0.25, 0.3) is 0 Å². The molecule has 0 aliphatic carbocycles. The molecule has 0 saturated carbocycles. The Bertz CT molecular complexity index is 634. The number of hydrogen-bond donors (Lipinski definition) is 1. The molecule has 0 spiro atoms. The molecule has 90 valence electrons. The van der Waals surface area contributed by atoms with E-state index in [-0.39, 0.29) is 0 Å². The molecule has 1 aromatic carbocycles. The van der Waals surface area contributed by atoms with E-state index in [1.54, 1.807) is 17.7 Å². The second-order valence-electron chi connectivity index (χ2n) is 4.02. The summed E-state index contributed by atoms with van der Waals surface area (Å²) in [6.07, 6.45) is 2.61. The van der Waals surface area contributed by atoms with E-state index in [1.807, 2.05) is 17.5 Å². The fourth-order valence-electron chi connectivity index (χ4n) is 1.88. The minimum atomic E-state index is 0.883. The van der Waals surface area contributed by atoms with E-state index in [0.29, 0.717) is 0 Å². The first-order valence-corrected chi connectivity index (χ1v) is 6.77. The number of aromatic nitrogens is 2. The summed E-state index contributed by atoms with van der Waals surface area (Å²) >= 11 is 1.67. The third kappa shape index (κ3) is 2.33. The maximum Gasteiger partial charge on any atom is 0.147 e. The van der Waals surface area contributed by atoms with E-state index >= 15 is 0 Å². The molecule has 2 heterocycles. The third-order valence-corrected chi connectivity index (χ3v) is 3.70. The van der Waals surface area contributed by atoms with Gasteiger partial charge in [-0.3, -0.25) is 0 Å². The second-order valence-corrected chi connectivity index (χ2v) is 4.94. The van der Waals surface area contributed by atoms with Crippen LogP contribution < -0.4 is 5.32 Å². The molecule has 0 radical (unpaired) electrons. The van der Waals surface area contributed by atoms with Crippen LogP contribution in [0.3, 0.4) is 0 Å². The molecule has 0 amide bonds. The summed E-state index contributed by atoms with van der Waals surface area (Å²) in [5.74, 6) is 0.936. The Balaban J connectivity index is 1.68. The highest BCUT2D eigenvalue weighted by Crippen LogP contribution is 2.24. The number of hydrogen-bond acceptors (Lipinski definition) is 4. The summed E-state index contributed by atoms with van der Waals surface area (Å²) in [5.41, 5.74) is 2.35. The molecule has 0 aliphatic heterocycles. The molecule has 0 fully saturated rings. The molecule has 0 bridgehead atoms. The van der Waals surface area contributed by atoms with Gasteiger partial charge in [0.2, 0.25) is 0 Å². The highest BCUT2D eigenvalue weighted by Gasteiger charge is 2.03. The van der Waals surface area contributed by atoms with Crippen molar-refractivity contribution in [2.45, 2.75) is 6.42 Å². The number of benzene rings is 1. The van der Waals surface area contributed by atoms with E-state index in [2.05, 4.69) is 39.6 Å². The van der Waals surface area contributed by atoms with Gasteiger partial charge < -0.3 is 5.32 Å². The van der Waals surface area contributed by atoms with Gasteiger partial charge in [-0.25, -0.2) is 9.97 Å². The number of anilines is 1. The average Bonchev–Trinajstić information content (AvgIpc) is 2.89. The van der Waals surface area contributed by atoms with Crippen LogP contribution in [0.25, 0.3) is 10.2 Å². The molecule has 0 aliphatic rings. The zero-order valence-electron chi connectivity index (χ0n) is 9.84. The minimum absolute atomic E-state index is 0.883. The first-order chi connectivity index (χ1) is 8.93. The van der Waals surface area contributed by atoms with Gasteiger partial charge in [0.1, 0.15) is 12.1 Å². The quantitative estimate of drug-likeness (QED) is 0.777. The minimum Gasteiger partial charge on any atom is -0.368 e. The lowest BCUT2D eigenvalue weighted by Gasteiger charge is -2.06. The van der Waals surface area contributed by atoms with E-state index in [1.165, 1.54) is 5.56 Å². The highest BCUT2D eigenvalue weighted by atomic mass is 32.1. The van der Waals surface area contributed by atoms with Crippen molar-refractivity contribution in [3.8, 4) is 0 Å². The molecule has 0 unspecified atom stereocenters. The second kappa shape index (κ2) is 5.14. The summed E-state index contributed by atoms with van der Waals surface area (Å²) in [4.78, 5) is 8.53. The summed E-state index contributed by atoms with van der Waals surface area (Å²) in [6.45, 7) is 0.883. The molecule has 0 atom stereocenters. The fourth-order valence-corrected chi connectivity index (χ4v) is 2.70. The predicted molar refractivity (Wildman–Crippen MR) is 76.1 cm³/mol. The van der Waals surface area contributed by atoms with Gasteiger partial charge in [0, 0.05) is 6.54 Å². The number of nitrogens with zero attached hydrogens (tertiary/aromatic N) is 2.